The van der Waals surface area contributed by atoms with E-state index in [4.69, 9.17) is 10.8 Å². The van der Waals surface area contributed by atoms with Crippen LogP contribution in [0.1, 0.15) is 5.56 Å². The van der Waals surface area contributed by atoms with Gasteiger partial charge < -0.3 is 5.84 Å². The Morgan fingerprint density at radius 1 is 1.10 bits per heavy atom. The van der Waals surface area contributed by atoms with Crippen LogP contribution in [0.2, 0.25) is 0 Å². The number of rotatable bonds is 1. The average Bonchev–Trinajstić information content (AvgIpc) is 2.83. The Kier molecular flexibility index (Phi) is 2.44. The maximum Gasteiger partial charge on any atom is 0.158 e. The van der Waals surface area contributed by atoms with Crippen molar-refractivity contribution in [1.82, 2.24) is 14.6 Å². The quantitative estimate of drug-likeness (QED) is 0.542. The first-order chi connectivity index (χ1) is 10.2. The predicted octanol–water partition coefficient (Wildman–Crippen LogP) is 3.27. The van der Waals surface area contributed by atoms with Crippen molar-refractivity contribution in [3.8, 4) is 11.3 Å². The molecular formula is C17H14N4. The maximum atomic E-state index is 6.00. The van der Waals surface area contributed by atoms with E-state index >= 15 is 0 Å². The summed E-state index contributed by atoms with van der Waals surface area (Å²) in [6.45, 7) is 2.03. The Bertz CT molecular complexity index is 969. The van der Waals surface area contributed by atoms with Crippen molar-refractivity contribution in [3.05, 3.63) is 60.4 Å². The number of hydrogen-bond donors (Lipinski definition) is 1. The minimum Gasteiger partial charge on any atom is -0.338 e. The summed E-state index contributed by atoms with van der Waals surface area (Å²) in [6.07, 6.45) is 3.71. The number of hydrogen-bond acceptors (Lipinski definition) is 3. The molecule has 0 unspecified atom stereocenters. The number of nitrogen functional groups attached to an aromatic ring is 1. The number of para-hydroxylation sites is 1. The lowest BCUT2D eigenvalue weighted by atomic mass is 10.1. The van der Waals surface area contributed by atoms with Gasteiger partial charge in [-0.2, -0.15) is 0 Å². The molecule has 3 heterocycles. The monoisotopic (exact) mass is 274 g/mol. The van der Waals surface area contributed by atoms with Crippen molar-refractivity contribution in [2.75, 3.05) is 5.84 Å². The van der Waals surface area contributed by atoms with Gasteiger partial charge in [-0.3, -0.25) is 4.68 Å². The minimum absolute atomic E-state index is 0.769. The molecule has 1 aromatic carbocycles. The number of nitrogens with zero attached hydrogens (tertiary/aromatic N) is 3. The summed E-state index contributed by atoms with van der Waals surface area (Å²) in [5.74, 6) is 6.00. The highest BCUT2D eigenvalue weighted by atomic mass is 15.3. The third-order valence-electron chi connectivity index (χ3n) is 3.68. The molecule has 4 nitrogen and oxygen atoms in total. The third-order valence-corrected chi connectivity index (χ3v) is 3.68. The van der Waals surface area contributed by atoms with E-state index in [-0.39, 0.29) is 0 Å². The van der Waals surface area contributed by atoms with Crippen LogP contribution < -0.4 is 5.84 Å². The number of aryl methyl sites for hydroxylation is 1. The third kappa shape index (κ3) is 1.84. The van der Waals surface area contributed by atoms with Gasteiger partial charge in [-0.15, -0.1) is 0 Å². The summed E-state index contributed by atoms with van der Waals surface area (Å²) in [6, 6.07) is 14.3. The first-order valence-electron chi connectivity index (χ1n) is 6.81. The molecule has 0 fully saturated rings. The van der Waals surface area contributed by atoms with Gasteiger partial charge in [0.25, 0.3) is 0 Å². The molecular weight excluding hydrogens is 260 g/mol. The number of pyridine rings is 2. The molecule has 0 aliphatic carbocycles. The van der Waals surface area contributed by atoms with Crippen LogP contribution in [0.4, 0.5) is 0 Å². The molecule has 0 spiro atoms. The molecule has 0 atom stereocenters. The second-order valence-corrected chi connectivity index (χ2v) is 5.22. The predicted molar refractivity (Wildman–Crippen MR) is 85.4 cm³/mol. The molecule has 4 aromatic rings. The fourth-order valence-corrected chi connectivity index (χ4v) is 2.66. The van der Waals surface area contributed by atoms with E-state index in [1.54, 1.807) is 4.68 Å². The van der Waals surface area contributed by atoms with Crippen LogP contribution in [0.5, 0.6) is 0 Å². The molecule has 0 aliphatic rings. The van der Waals surface area contributed by atoms with E-state index in [2.05, 4.69) is 23.2 Å². The van der Waals surface area contributed by atoms with Crippen molar-refractivity contribution < 1.29 is 0 Å². The summed E-state index contributed by atoms with van der Waals surface area (Å²) in [5, 5.41) is 2.16. The second-order valence-electron chi connectivity index (χ2n) is 5.22. The summed E-state index contributed by atoms with van der Waals surface area (Å²) in [4.78, 5) is 9.14. The summed E-state index contributed by atoms with van der Waals surface area (Å²) < 4.78 is 1.56. The Morgan fingerprint density at radius 2 is 1.95 bits per heavy atom. The summed E-state index contributed by atoms with van der Waals surface area (Å²) in [7, 11) is 0. The molecule has 2 N–H and O–H groups in total. The van der Waals surface area contributed by atoms with E-state index in [0.29, 0.717) is 0 Å². The van der Waals surface area contributed by atoms with Crippen LogP contribution >= 0.6 is 0 Å². The summed E-state index contributed by atoms with van der Waals surface area (Å²) >= 11 is 0. The van der Waals surface area contributed by atoms with Gasteiger partial charge in [0.2, 0.25) is 0 Å². The molecule has 21 heavy (non-hydrogen) atoms. The fraction of sp³-hybridized carbons (Fsp3) is 0.0588. The van der Waals surface area contributed by atoms with Crippen LogP contribution in [-0.2, 0) is 0 Å². The van der Waals surface area contributed by atoms with E-state index in [9.17, 15) is 0 Å². The average molecular weight is 274 g/mol. The van der Waals surface area contributed by atoms with Gasteiger partial charge in [0.1, 0.15) is 0 Å². The summed E-state index contributed by atoms with van der Waals surface area (Å²) in [5.41, 5.74) is 4.78. The Balaban J connectivity index is 2.01. The van der Waals surface area contributed by atoms with E-state index in [1.807, 2.05) is 43.6 Å². The highest BCUT2D eigenvalue weighted by Crippen LogP contribution is 2.29. The van der Waals surface area contributed by atoms with Crippen LogP contribution in [0, 0.1) is 6.92 Å². The fourth-order valence-electron chi connectivity index (χ4n) is 2.66. The molecule has 0 saturated carbocycles. The molecule has 4 heteroatoms. The smallest absolute Gasteiger partial charge is 0.158 e. The molecule has 4 rings (SSSR count). The second kappa shape index (κ2) is 4.31. The van der Waals surface area contributed by atoms with Crippen LogP contribution in [0.3, 0.4) is 0 Å². The minimum atomic E-state index is 0.769. The molecule has 0 saturated heterocycles. The zero-order valence-electron chi connectivity index (χ0n) is 11.6. The van der Waals surface area contributed by atoms with Crippen molar-refractivity contribution in [2.24, 2.45) is 0 Å². The Labute approximate surface area is 121 Å². The van der Waals surface area contributed by atoms with E-state index in [0.717, 1.165) is 38.8 Å². The highest BCUT2D eigenvalue weighted by molar-refractivity contribution is 5.94. The maximum absolute atomic E-state index is 6.00. The lowest BCUT2D eigenvalue weighted by Crippen LogP contribution is -2.06. The normalized spacial score (nSPS) is 11.3. The van der Waals surface area contributed by atoms with E-state index < -0.39 is 0 Å². The number of fused-ring (bicyclic) bond motifs is 2. The molecule has 0 radical (unpaired) electrons. The highest BCUT2D eigenvalue weighted by Gasteiger charge is 2.11. The standard InChI is InChI=1S/C17H14N4/c1-11-8-13-14(10-21(18)17(13)19-9-11)16-7-6-12-4-2-3-5-15(12)20-16/h2-10H,18H2,1H3. The molecule has 0 aliphatic heterocycles. The first-order valence-corrected chi connectivity index (χ1v) is 6.81. The van der Waals surface area contributed by atoms with Crippen molar-refractivity contribution >= 4 is 21.9 Å². The van der Waals surface area contributed by atoms with Crippen molar-refractivity contribution in [3.63, 3.8) is 0 Å². The molecule has 3 aromatic heterocycles. The van der Waals surface area contributed by atoms with Gasteiger partial charge in [-0.1, -0.05) is 24.3 Å². The van der Waals surface area contributed by atoms with Gasteiger partial charge in [0.15, 0.2) is 5.65 Å². The molecule has 0 bridgehead atoms. The van der Waals surface area contributed by atoms with Crippen molar-refractivity contribution in [1.29, 1.82) is 0 Å². The molecule has 0 amide bonds. The SMILES string of the molecule is Cc1cnc2c(c1)c(-c1ccc3ccccc3n1)cn2N. The van der Waals surface area contributed by atoms with Crippen LogP contribution in [-0.4, -0.2) is 14.6 Å². The Hall–Kier alpha value is -2.88. The van der Waals surface area contributed by atoms with Crippen LogP contribution in [0.25, 0.3) is 33.2 Å². The van der Waals surface area contributed by atoms with Gasteiger partial charge in [0.05, 0.1) is 11.2 Å². The lowest BCUT2D eigenvalue weighted by Gasteiger charge is -2.02. The van der Waals surface area contributed by atoms with Gasteiger partial charge in [0, 0.05) is 28.7 Å². The first kappa shape index (κ1) is 11.9. The van der Waals surface area contributed by atoms with Gasteiger partial charge in [-0.05, 0) is 30.7 Å². The van der Waals surface area contributed by atoms with E-state index in [1.165, 1.54) is 0 Å². The van der Waals surface area contributed by atoms with Crippen LogP contribution in [0.15, 0.2) is 54.9 Å². The topological polar surface area (TPSA) is 56.7 Å². The number of aromatic nitrogens is 3. The lowest BCUT2D eigenvalue weighted by molar-refractivity contribution is 1.04. The van der Waals surface area contributed by atoms with Gasteiger partial charge in [-0.25, -0.2) is 9.97 Å². The molecule has 102 valence electrons. The Morgan fingerprint density at radius 3 is 2.86 bits per heavy atom. The zero-order valence-corrected chi connectivity index (χ0v) is 11.6. The largest absolute Gasteiger partial charge is 0.338 e. The zero-order chi connectivity index (χ0) is 14.4. The number of nitrogens with two attached hydrogens (primary N) is 1. The number of benzene rings is 1. The van der Waals surface area contributed by atoms with Gasteiger partial charge >= 0.3 is 0 Å². The van der Waals surface area contributed by atoms with Crippen molar-refractivity contribution in [2.45, 2.75) is 6.92 Å².